The Bertz CT molecular complexity index is 722. The number of hydrogen-bond acceptors (Lipinski definition) is 4. The molecule has 1 aliphatic carbocycles. The largest absolute Gasteiger partial charge is 0.365 e. The van der Waals surface area contributed by atoms with Gasteiger partial charge < -0.3 is 4.74 Å². The van der Waals surface area contributed by atoms with E-state index in [0.29, 0.717) is 0 Å². The van der Waals surface area contributed by atoms with Crippen molar-refractivity contribution in [2.24, 2.45) is 11.3 Å². The molecule has 0 aromatic heterocycles. The second kappa shape index (κ2) is 4.27. The van der Waals surface area contributed by atoms with Gasteiger partial charge in [-0.1, -0.05) is 30.4 Å². The molecule has 1 aromatic carbocycles. The Morgan fingerprint density at radius 2 is 2.00 bits per heavy atom. The second-order valence-electron chi connectivity index (χ2n) is 6.09. The maximum atomic E-state index is 12.7. The summed E-state index contributed by atoms with van der Waals surface area (Å²) in [5.41, 5.74) is -0.582. The van der Waals surface area contributed by atoms with E-state index < -0.39 is 21.0 Å². The number of ether oxygens (including phenoxy) is 1. The molecular formula is C16H16O4S. The lowest BCUT2D eigenvalue weighted by Gasteiger charge is -2.46. The molecule has 2 bridgehead atoms. The normalized spacial score (nSPS) is 36.3. The van der Waals surface area contributed by atoms with Gasteiger partial charge in [-0.05, 0) is 25.0 Å². The number of hydrogen-bond donors (Lipinski definition) is 0. The zero-order valence-corrected chi connectivity index (χ0v) is 12.3. The Morgan fingerprint density at radius 3 is 2.62 bits per heavy atom. The van der Waals surface area contributed by atoms with Gasteiger partial charge in [0, 0.05) is 5.92 Å². The smallest absolute Gasteiger partial charge is 0.185 e. The van der Waals surface area contributed by atoms with Gasteiger partial charge in [0.05, 0.1) is 22.5 Å². The van der Waals surface area contributed by atoms with Crippen molar-refractivity contribution >= 4 is 15.6 Å². The van der Waals surface area contributed by atoms with Crippen LogP contribution in [0.2, 0.25) is 0 Å². The molecule has 2 fully saturated rings. The van der Waals surface area contributed by atoms with E-state index in [-0.39, 0.29) is 28.8 Å². The van der Waals surface area contributed by atoms with E-state index in [4.69, 9.17) is 4.74 Å². The van der Waals surface area contributed by atoms with Crippen molar-refractivity contribution in [3.63, 3.8) is 0 Å². The molecule has 110 valence electrons. The van der Waals surface area contributed by atoms with E-state index in [1.807, 2.05) is 12.2 Å². The molecule has 4 rings (SSSR count). The number of ketones is 1. The van der Waals surface area contributed by atoms with E-state index in [1.54, 1.807) is 18.2 Å². The first kappa shape index (κ1) is 13.2. The molecule has 0 unspecified atom stereocenters. The number of Topliss-reactive ketones (excluding diaryl/α,β-unsaturated/α-hetero) is 1. The van der Waals surface area contributed by atoms with Crippen LogP contribution in [0.4, 0.5) is 0 Å². The van der Waals surface area contributed by atoms with Crippen LogP contribution in [0.3, 0.4) is 0 Å². The molecule has 1 saturated carbocycles. The molecule has 21 heavy (non-hydrogen) atoms. The van der Waals surface area contributed by atoms with Crippen molar-refractivity contribution < 1.29 is 17.9 Å². The first-order valence-corrected chi connectivity index (χ1v) is 8.84. The molecule has 4 nitrogen and oxygen atoms in total. The van der Waals surface area contributed by atoms with E-state index in [1.165, 1.54) is 12.1 Å². The number of sulfone groups is 1. The number of carbonyl (C=O) groups excluding carboxylic acids is 1. The van der Waals surface area contributed by atoms with Gasteiger partial charge in [0.2, 0.25) is 0 Å². The minimum atomic E-state index is -3.57. The average Bonchev–Trinajstić information content (AvgIpc) is 2.94. The molecular weight excluding hydrogens is 288 g/mol. The van der Waals surface area contributed by atoms with Crippen LogP contribution >= 0.6 is 0 Å². The summed E-state index contributed by atoms with van der Waals surface area (Å²) in [5.74, 6) is -0.432. The summed E-state index contributed by atoms with van der Waals surface area (Å²) in [7, 11) is -3.57. The molecule has 0 spiro atoms. The second-order valence-corrected chi connectivity index (χ2v) is 8.08. The lowest BCUT2D eigenvalue weighted by Crippen LogP contribution is -2.54. The summed E-state index contributed by atoms with van der Waals surface area (Å²) in [4.78, 5) is 12.9. The van der Waals surface area contributed by atoms with Crippen LogP contribution in [0.1, 0.15) is 12.8 Å². The lowest BCUT2D eigenvalue weighted by atomic mass is 9.54. The van der Waals surface area contributed by atoms with Gasteiger partial charge in [-0.3, -0.25) is 4.79 Å². The number of fused-ring (bicyclic) bond motifs is 5. The molecule has 1 saturated heterocycles. The summed E-state index contributed by atoms with van der Waals surface area (Å²) >= 11 is 0. The van der Waals surface area contributed by atoms with E-state index in [0.717, 1.165) is 12.8 Å². The minimum absolute atomic E-state index is 0.00660. The Balaban J connectivity index is 1.61. The predicted octanol–water partition coefficient (Wildman–Crippen LogP) is 1.76. The Labute approximate surface area is 123 Å². The fraction of sp³-hybridized carbons (Fsp3) is 0.438. The van der Waals surface area contributed by atoms with Crippen LogP contribution in [0.25, 0.3) is 0 Å². The van der Waals surface area contributed by atoms with Crippen molar-refractivity contribution in [3.8, 4) is 0 Å². The molecule has 0 amide bonds. The fourth-order valence-corrected chi connectivity index (χ4v) is 5.30. The summed E-state index contributed by atoms with van der Waals surface area (Å²) in [6.07, 6.45) is 5.40. The highest BCUT2D eigenvalue weighted by Crippen LogP contribution is 2.61. The summed E-state index contributed by atoms with van der Waals surface area (Å²) in [6.45, 7) is 0. The maximum absolute atomic E-state index is 12.7. The van der Waals surface area contributed by atoms with Crippen molar-refractivity contribution in [3.05, 3.63) is 42.5 Å². The first-order chi connectivity index (χ1) is 10.0. The van der Waals surface area contributed by atoms with E-state index >= 15 is 0 Å². The molecule has 0 N–H and O–H groups in total. The lowest BCUT2D eigenvalue weighted by molar-refractivity contribution is -0.136. The van der Waals surface area contributed by atoms with Gasteiger partial charge in [-0.25, -0.2) is 8.42 Å². The molecule has 2 aliphatic heterocycles. The highest BCUT2D eigenvalue weighted by Gasteiger charge is 2.66. The molecule has 4 atom stereocenters. The Kier molecular flexibility index (Phi) is 2.69. The van der Waals surface area contributed by atoms with E-state index in [9.17, 15) is 13.2 Å². The Morgan fingerprint density at radius 1 is 1.24 bits per heavy atom. The van der Waals surface area contributed by atoms with Crippen LogP contribution in [0.15, 0.2) is 47.4 Å². The van der Waals surface area contributed by atoms with Crippen molar-refractivity contribution in [1.29, 1.82) is 0 Å². The minimum Gasteiger partial charge on any atom is -0.365 e. The zero-order valence-electron chi connectivity index (χ0n) is 11.4. The van der Waals surface area contributed by atoms with Crippen LogP contribution in [0.5, 0.6) is 0 Å². The topological polar surface area (TPSA) is 60.4 Å². The summed E-state index contributed by atoms with van der Waals surface area (Å²) in [5, 5.41) is 0. The third kappa shape index (κ3) is 1.71. The molecule has 0 radical (unpaired) electrons. The maximum Gasteiger partial charge on any atom is 0.185 e. The van der Waals surface area contributed by atoms with E-state index in [2.05, 4.69) is 0 Å². The van der Waals surface area contributed by atoms with Crippen molar-refractivity contribution in [2.75, 3.05) is 5.75 Å². The van der Waals surface area contributed by atoms with Crippen LogP contribution < -0.4 is 0 Å². The monoisotopic (exact) mass is 304 g/mol. The number of rotatable bonds is 4. The van der Waals surface area contributed by atoms with Gasteiger partial charge >= 0.3 is 0 Å². The third-order valence-electron chi connectivity index (χ3n) is 5.16. The highest BCUT2D eigenvalue weighted by molar-refractivity contribution is 7.92. The van der Waals surface area contributed by atoms with Gasteiger partial charge in [0.15, 0.2) is 15.6 Å². The molecule has 3 aliphatic rings. The fourth-order valence-electron chi connectivity index (χ4n) is 3.95. The highest BCUT2D eigenvalue weighted by atomic mass is 32.2. The van der Waals surface area contributed by atoms with Crippen LogP contribution in [-0.4, -0.2) is 32.2 Å². The SMILES string of the molecule is O=C(CS(=O)(=O)c1ccccc1)[C@]12CC[C@H]1[C@@H]1C=C[C@H]2O1. The summed E-state index contributed by atoms with van der Waals surface area (Å²) in [6, 6.07) is 8.18. The number of carbonyl (C=O) groups is 1. The average molecular weight is 304 g/mol. The number of benzene rings is 1. The standard InChI is InChI=1S/C16H16O4S/c17-14(10-21(18,19)11-4-2-1-3-5-11)16-9-8-12(16)13-6-7-15(16)20-13/h1-7,12-13,15H,8-10H2/t12-,13-,15+,16-/m0/s1. The van der Waals surface area contributed by atoms with Crippen LogP contribution in [0, 0.1) is 11.3 Å². The van der Waals surface area contributed by atoms with Gasteiger partial charge in [-0.15, -0.1) is 0 Å². The molecule has 1 aromatic rings. The quantitative estimate of drug-likeness (QED) is 0.795. The predicted molar refractivity (Wildman–Crippen MR) is 76.5 cm³/mol. The van der Waals surface area contributed by atoms with Crippen molar-refractivity contribution in [2.45, 2.75) is 29.9 Å². The molecule has 2 heterocycles. The van der Waals surface area contributed by atoms with Gasteiger partial charge in [-0.2, -0.15) is 0 Å². The van der Waals surface area contributed by atoms with Gasteiger partial charge in [0.1, 0.15) is 5.75 Å². The Hall–Kier alpha value is -1.46. The third-order valence-corrected chi connectivity index (χ3v) is 6.79. The summed E-state index contributed by atoms with van der Waals surface area (Å²) < 4.78 is 30.6. The van der Waals surface area contributed by atoms with Crippen LogP contribution in [-0.2, 0) is 19.4 Å². The van der Waals surface area contributed by atoms with Crippen molar-refractivity contribution in [1.82, 2.24) is 0 Å². The van der Waals surface area contributed by atoms with Gasteiger partial charge in [0.25, 0.3) is 0 Å². The molecule has 5 heteroatoms. The zero-order chi connectivity index (χ0) is 14.7. The first-order valence-electron chi connectivity index (χ1n) is 7.19.